The van der Waals surface area contributed by atoms with Crippen LogP contribution in [0.2, 0.25) is 0 Å². The lowest BCUT2D eigenvalue weighted by molar-refractivity contribution is 0.921. The van der Waals surface area contributed by atoms with Crippen molar-refractivity contribution in [1.82, 2.24) is 15.0 Å². The topological polar surface area (TPSA) is 54.2 Å². The highest BCUT2D eigenvalue weighted by Gasteiger charge is 2.09. The predicted octanol–water partition coefficient (Wildman–Crippen LogP) is 3.81. The van der Waals surface area contributed by atoms with Crippen LogP contribution < -0.4 is 10.7 Å². The number of nitrogens with zero attached hydrogens (tertiary/aromatic N) is 3. The number of aryl methyl sites for hydroxylation is 1. The number of rotatable bonds is 4. The average molecular weight is 349 g/mol. The van der Waals surface area contributed by atoms with Gasteiger partial charge >= 0.3 is 0 Å². The second kappa shape index (κ2) is 7.72. The van der Waals surface area contributed by atoms with E-state index in [0.29, 0.717) is 5.11 Å². The molecule has 0 bridgehead atoms. The van der Waals surface area contributed by atoms with Crippen molar-refractivity contribution < 1.29 is 0 Å². The highest BCUT2D eigenvalue weighted by atomic mass is 32.1. The average Bonchev–Trinajstić information content (AvgIpc) is 2.90. The summed E-state index contributed by atoms with van der Waals surface area (Å²) in [5.74, 6) is 0.895. The molecule has 5 nitrogen and oxygen atoms in total. The second-order valence-electron chi connectivity index (χ2n) is 5.54. The molecule has 2 heterocycles. The van der Waals surface area contributed by atoms with Crippen LogP contribution in [0.5, 0.6) is 0 Å². The van der Waals surface area contributed by atoms with Gasteiger partial charge in [0, 0.05) is 28.8 Å². The summed E-state index contributed by atoms with van der Waals surface area (Å²) in [5, 5.41) is 7.76. The summed E-state index contributed by atoms with van der Waals surface area (Å²) in [5.41, 5.74) is 6.94. The largest absolute Gasteiger partial charge is 0.331 e. The molecule has 0 aliphatic carbocycles. The number of hydrazone groups is 1. The molecule has 3 aromatic rings. The van der Waals surface area contributed by atoms with E-state index in [0.717, 1.165) is 28.5 Å². The Labute approximate surface area is 152 Å². The zero-order valence-corrected chi connectivity index (χ0v) is 14.9. The molecule has 0 amide bonds. The van der Waals surface area contributed by atoms with Gasteiger partial charge in [0.15, 0.2) is 5.11 Å². The van der Waals surface area contributed by atoms with Gasteiger partial charge in [-0.3, -0.25) is 5.43 Å². The zero-order valence-electron chi connectivity index (χ0n) is 14.1. The zero-order chi connectivity index (χ0) is 17.6. The van der Waals surface area contributed by atoms with Crippen LogP contribution in [0.25, 0.3) is 5.82 Å². The van der Waals surface area contributed by atoms with E-state index in [1.807, 2.05) is 62.4 Å². The van der Waals surface area contributed by atoms with Crippen molar-refractivity contribution in [2.45, 2.75) is 13.8 Å². The molecule has 3 rings (SSSR count). The van der Waals surface area contributed by atoms with Crippen molar-refractivity contribution in [2.75, 3.05) is 5.32 Å². The lowest BCUT2D eigenvalue weighted by Gasteiger charge is -2.08. The highest BCUT2D eigenvalue weighted by molar-refractivity contribution is 7.80. The van der Waals surface area contributed by atoms with Gasteiger partial charge in [-0.2, -0.15) is 5.10 Å². The monoisotopic (exact) mass is 349 g/mol. The SMILES string of the molecule is Cc1cc(/C=N/NC(=S)Nc2ccccc2)c(C)n1-c1ccccn1. The van der Waals surface area contributed by atoms with Crippen molar-refractivity contribution in [3.8, 4) is 5.82 Å². The van der Waals surface area contributed by atoms with E-state index in [1.54, 1.807) is 12.4 Å². The van der Waals surface area contributed by atoms with E-state index in [-0.39, 0.29) is 0 Å². The minimum Gasteiger partial charge on any atom is -0.331 e. The predicted molar refractivity (Wildman–Crippen MR) is 106 cm³/mol. The van der Waals surface area contributed by atoms with Gasteiger partial charge in [-0.1, -0.05) is 24.3 Å². The van der Waals surface area contributed by atoms with E-state index in [1.165, 1.54) is 0 Å². The molecular formula is C19H19N5S. The maximum atomic E-state index is 5.24. The number of nitrogens with one attached hydrogen (secondary N) is 2. The summed E-state index contributed by atoms with van der Waals surface area (Å²) in [6.07, 6.45) is 3.55. The van der Waals surface area contributed by atoms with Gasteiger partial charge in [-0.25, -0.2) is 4.98 Å². The minimum atomic E-state index is 0.445. The Morgan fingerprint density at radius 3 is 2.60 bits per heavy atom. The molecule has 1 aromatic carbocycles. The molecule has 0 unspecified atom stereocenters. The standard InChI is InChI=1S/C19H19N5S/c1-14-12-16(15(2)24(14)18-10-6-7-11-20-18)13-21-23-19(25)22-17-8-4-3-5-9-17/h3-13H,1-2H3,(H2,22,23,25)/b21-13+. The number of para-hydroxylation sites is 1. The molecular weight excluding hydrogens is 330 g/mol. The normalized spacial score (nSPS) is 10.8. The summed E-state index contributed by atoms with van der Waals surface area (Å²) in [4.78, 5) is 4.41. The lowest BCUT2D eigenvalue weighted by Crippen LogP contribution is -2.23. The molecule has 2 N–H and O–H groups in total. The number of pyridine rings is 1. The van der Waals surface area contributed by atoms with Gasteiger partial charge in [-0.05, 0) is 56.4 Å². The van der Waals surface area contributed by atoms with E-state index in [9.17, 15) is 0 Å². The third kappa shape index (κ3) is 4.10. The van der Waals surface area contributed by atoms with Crippen molar-refractivity contribution >= 4 is 29.2 Å². The first-order chi connectivity index (χ1) is 12.1. The number of benzene rings is 1. The fourth-order valence-electron chi connectivity index (χ4n) is 2.60. The molecule has 0 saturated heterocycles. The molecule has 25 heavy (non-hydrogen) atoms. The molecule has 2 aromatic heterocycles. The van der Waals surface area contributed by atoms with Crippen LogP contribution in [0.1, 0.15) is 17.0 Å². The Morgan fingerprint density at radius 1 is 1.12 bits per heavy atom. The third-order valence-corrected chi connectivity index (χ3v) is 3.94. The lowest BCUT2D eigenvalue weighted by atomic mass is 10.3. The molecule has 0 atom stereocenters. The molecule has 126 valence electrons. The smallest absolute Gasteiger partial charge is 0.191 e. The third-order valence-electron chi connectivity index (χ3n) is 3.75. The Bertz CT molecular complexity index is 885. The van der Waals surface area contributed by atoms with Crippen molar-refractivity contribution in [3.63, 3.8) is 0 Å². The summed E-state index contributed by atoms with van der Waals surface area (Å²) in [6.45, 7) is 4.09. The molecule has 6 heteroatoms. The Balaban J connectivity index is 1.69. The summed E-state index contributed by atoms with van der Waals surface area (Å²) >= 11 is 5.24. The molecule has 0 saturated carbocycles. The van der Waals surface area contributed by atoms with E-state index in [4.69, 9.17) is 12.2 Å². The first kappa shape index (κ1) is 16.9. The number of hydrogen-bond acceptors (Lipinski definition) is 3. The highest BCUT2D eigenvalue weighted by Crippen LogP contribution is 2.17. The first-order valence-electron chi connectivity index (χ1n) is 7.90. The Hall–Kier alpha value is -2.99. The minimum absolute atomic E-state index is 0.445. The molecule has 0 fully saturated rings. The van der Waals surface area contributed by atoms with E-state index in [2.05, 4.69) is 31.5 Å². The number of hydrogen-bond donors (Lipinski definition) is 2. The summed E-state index contributed by atoms with van der Waals surface area (Å²) in [6, 6.07) is 17.7. The van der Waals surface area contributed by atoms with E-state index >= 15 is 0 Å². The maximum absolute atomic E-state index is 5.24. The number of thiocarbonyl (C=S) groups is 1. The van der Waals surface area contributed by atoms with Crippen LogP contribution in [-0.4, -0.2) is 20.9 Å². The van der Waals surface area contributed by atoms with Gasteiger partial charge in [0.2, 0.25) is 0 Å². The van der Waals surface area contributed by atoms with Crippen LogP contribution in [0.4, 0.5) is 5.69 Å². The van der Waals surface area contributed by atoms with Crippen molar-refractivity contribution in [1.29, 1.82) is 0 Å². The molecule has 0 aliphatic rings. The van der Waals surface area contributed by atoms with Crippen molar-refractivity contribution in [3.05, 3.63) is 77.7 Å². The first-order valence-corrected chi connectivity index (χ1v) is 8.31. The van der Waals surface area contributed by atoms with Gasteiger partial charge in [0.25, 0.3) is 0 Å². The maximum Gasteiger partial charge on any atom is 0.191 e. The molecule has 0 spiro atoms. The van der Waals surface area contributed by atoms with Gasteiger partial charge in [0.1, 0.15) is 5.82 Å². The van der Waals surface area contributed by atoms with Gasteiger partial charge in [-0.15, -0.1) is 0 Å². The van der Waals surface area contributed by atoms with Crippen LogP contribution in [0.3, 0.4) is 0 Å². The molecule has 0 radical (unpaired) electrons. The van der Waals surface area contributed by atoms with Crippen LogP contribution in [0.15, 0.2) is 65.9 Å². The van der Waals surface area contributed by atoms with Crippen LogP contribution in [-0.2, 0) is 0 Å². The van der Waals surface area contributed by atoms with Crippen LogP contribution in [0, 0.1) is 13.8 Å². The molecule has 0 aliphatic heterocycles. The second-order valence-corrected chi connectivity index (χ2v) is 5.95. The fraction of sp³-hybridized carbons (Fsp3) is 0.105. The van der Waals surface area contributed by atoms with Crippen LogP contribution >= 0.6 is 12.2 Å². The summed E-state index contributed by atoms with van der Waals surface area (Å²) in [7, 11) is 0. The van der Waals surface area contributed by atoms with Gasteiger partial charge < -0.3 is 9.88 Å². The van der Waals surface area contributed by atoms with Gasteiger partial charge in [0.05, 0.1) is 6.21 Å². The quantitative estimate of drug-likeness (QED) is 0.427. The summed E-state index contributed by atoms with van der Waals surface area (Å²) < 4.78 is 2.10. The number of aromatic nitrogens is 2. The van der Waals surface area contributed by atoms with Crippen molar-refractivity contribution in [2.24, 2.45) is 5.10 Å². The number of anilines is 1. The fourth-order valence-corrected chi connectivity index (χ4v) is 2.77. The Kier molecular flexibility index (Phi) is 5.20. The van der Waals surface area contributed by atoms with E-state index < -0.39 is 0 Å². The Morgan fingerprint density at radius 2 is 1.88 bits per heavy atom.